The van der Waals surface area contributed by atoms with Gasteiger partial charge in [-0.05, 0) is 36.4 Å². The maximum absolute atomic E-state index is 13.7. The van der Waals surface area contributed by atoms with E-state index in [0.29, 0.717) is 13.1 Å². The molecule has 1 aromatic heterocycles. The third-order valence-corrected chi connectivity index (χ3v) is 4.90. The molecule has 2 heterocycles. The van der Waals surface area contributed by atoms with E-state index in [0.717, 1.165) is 36.5 Å². The highest BCUT2D eigenvalue weighted by molar-refractivity contribution is 7.09. The van der Waals surface area contributed by atoms with Crippen molar-refractivity contribution in [2.75, 3.05) is 25.0 Å². The lowest BCUT2D eigenvalue weighted by Gasteiger charge is -2.24. The molecule has 1 fully saturated rings. The third kappa shape index (κ3) is 5.07. The van der Waals surface area contributed by atoms with Crippen molar-refractivity contribution in [3.05, 3.63) is 52.2 Å². The minimum Gasteiger partial charge on any atom is -0.377 e. The van der Waals surface area contributed by atoms with Gasteiger partial charge in [0.15, 0.2) is 0 Å². The number of benzene rings is 1. The maximum atomic E-state index is 13.7. The fourth-order valence-corrected chi connectivity index (χ4v) is 3.63. The summed E-state index contributed by atoms with van der Waals surface area (Å²) < 4.78 is 33.0. The highest BCUT2D eigenvalue weighted by atomic mass is 32.1. The highest BCUT2D eigenvalue weighted by Crippen LogP contribution is 2.19. The number of para-hydroxylation sites is 1. The quantitative estimate of drug-likeness (QED) is 0.813. The average molecular weight is 366 g/mol. The molecule has 3 rings (SSSR count). The molecule has 134 valence electrons. The van der Waals surface area contributed by atoms with Crippen LogP contribution in [-0.4, -0.2) is 36.6 Å². The van der Waals surface area contributed by atoms with Crippen molar-refractivity contribution in [1.29, 1.82) is 0 Å². The van der Waals surface area contributed by atoms with Gasteiger partial charge in [0.2, 0.25) is 5.91 Å². The fourth-order valence-electron chi connectivity index (χ4n) is 2.88. The molecule has 7 heteroatoms. The lowest BCUT2D eigenvalue weighted by Crippen LogP contribution is -2.38. The van der Waals surface area contributed by atoms with E-state index in [-0.39, 0.29) is 12.6 Å². The molecule has 25 heavy (non-hydrogen) atoms. The van der Waals surface area contributed by atoms with Crippen LogP contribution >= 0.6 is 11.3 Å². The Hall–Kier alpha value is -1.83. The van der Waals surface area contributed by atoms with Gasteiger partial charge in [-0.2, -0.15) is 0 Å². The second-order valence-electron chi connectivity index (χ2n) is 6.03. The molecule has 0 saturated carbocycles. The Morgan fingerprint density at radius 1 is 1.28 bits per heavy atom. The lowest BCUT2D eigenvalue weighted by molar-refractivity contribution is -0.117. The Morgan fingerprint density at radius 3 is 2.72 bits per heavy atom. The summed E-state index contributed by atoms with van der Waals surface area (Å²) in [7, 11) is 0. The van der Waals surface area contributed by atoms with E-state index in [2.05, 4.69) is 5.32 Å². The predicted molar refractivity (Wildman–Crippen MR) is 93.6 cm³/mol. The molecular weight excluding hydrogens is 346 g/mol. The number of thiophene rings is 1. The van der Waals surface area contributed by atoms with Crippen LogP contribution in [0, 0.1) is 11.6 Å². The molecule has 1 atom stereocenters. The number of halogens is 2. The van der Waals surface area contributed by atoms with Crippen LogP contribution in [-0.2, 0) is 16.1 Å². The molecule has 1 N–H and O–H groups in total. The first-order chi connectivity index (χ1) is 12.1. The summed E-state index contributed by atoms with van der Waals surface area (Å²) in [6.07, 6.45) is 2.08. The molecule has 0 unspecified atom stereocenters. The van der Waals surface area contributed by atoms with Crippen LogP contribution in [0.2, 0.25) is 0 Å². The van der Waals surface area contributed by atoms with Crippen LogP contribution in [0.4, 0.5) is 14.5 Å². The summed E-state index contributed by atoms with van der Waals surface area (Å²) in [5, 5.41) is 4.33. The molecule has 1 aliphatic heterocycles. The van der Waals surface area contributed by atoms with E-state index >= 15 is 0 Å². The minimum atomic E-state index is -0.780. The second kappa shape index (κ2) is 8.51. The number of hydrogen-bond donors (Lipinski definition) is 1. The zero-order valence-electron chi connectivity index (χ0n) is 13.7. The normalized spacial score (nSPS) is 17.2. The van der Waals surface area contributed by atoms with Crippen LogP contribution in [0.3, 0.4) is 0 Å². The summed E-state index contributed by atoms with van der Waals surface area (Å²) in [6.45, 7) is 2.01. The highest BCUT2D eigenvalue weighted by Gasteiger charge is 2.22. The van der Waals surface area contributed by atoms with Crippen LogP contribution in [0.5, 0.6) is 0 Å². The van der Waals surface area contributed by atoms with Gasteiger partial charge in [0.05, 0.1) is 12.6 Å². The summed E-state index contributed by atoms with van der Waals surface area (Å²) >= 11 is 1.61. The van der Waals surface area contributed by atoms with E-state index in [9.17, 15) is 13.6 Å². The summed E-state index contributed by atoms with van der Waals surface area (Å²) in [6, 6.07) is 7.46. The second-order valence-corrected chi connectivity index (χ2v) is 7.06. The summed E-state index contributed by atoms with van der Waals surface area (Å²) in [5.41, 5.74) is -0.402. The molecule has 2 aromatic rings. The van der Waals surface area contributed by atoms with Gasteiger partial charge in [-0.3, -0.25) is 9.69 Å². The van der Waals surface area contributed by atoms with Gasteiger partial charge in [0, 0.05) is 24.6 Å². The first kappa shape index (κ1) is 18.0. The van der Waals surface area contributed by atoms with Gasteiger partial charge in [-0.15, -0.1) is 11.3 Å². The number of carbonyl (C=O) groups excluding carboxylic acids is 1. The molecule has 0 spiro atoms. The van der Waals surface area contributed by atoms with Crippen molar-refractivity contribution in [3.63, 3.8) is 0 Å². The Morgan fingerprint density at radius 2 is 2.08 bits per heavy atom. The van der Waals surface area contributed by atoms with Crippen molar-refractivity contribution in [1.82, 2.24) is 4.90 Å². The fraction of sp³-hybridized carbons (Fsp3) is 0.389. The van der Waals surface area contributed by atoms with E-state index in [4.69, 9.17) is 4.74 Å². The molecule has 1 saturated heterocycles. The van der Waals surface area contributed by atoms with Gasteiger partial charge in [-0.25, -0.2) is 8.78 Å². The van der Waals surface area contributed by atoms with E-state index < -0.39 is 23.2 Å². The minimum absolute atomic E-state index is 0.0472. The average Bonchev–Trinajstić information content (AvgIpc) is 3.25. The van der Waals surface area contributed by atoms with Gasteiger partial charge in [0.25, 0.3) is 0 Å². The van der Waals surface area contributed by atoms with E-state index in [1.54, 1.807) is 11.3 Å². The summed E-state index contributed by atoms with van der Waals surface area (Å²) in [5.74, 6) is -2.01. The first-order valence-corrected chi connectivity index (χ1v) is 9.10. The largest absolute Gasteiger partial charge is 0.377 e. The SMILES string of the molecule is O=C(CN(Cc1cccs1)C[C@@H]1CCCO1)Nc1c(F)cccc1F. The van der Waals surface area contributed by atoms with Gasteiger partial charge in [0.1, 0.15) is 17.3 Å². The van der Waals surface area contributed by atoms with Crippen molar-refractivity contribution in [2.24, 2.45) is 0 Å². The van der Waals surface area contributed by atoms with Crippen molar-refractivity contribution < 1.29 is 18.3 Å². The van der Waals surface area contributed by atoms with Gasteiger partial charge >= 0.3 is 0 Å². The number of nitrogens with one attached hydrogen (secondary N) is 1. The first-order valence-electron chi connectivity index (χ1n) is 8.22. The molecular formula is C18H20F2N2O2S. The molecule has 1 amide bonds. The number of carbonyl (C=O) groups is 1. The van der Waals surface area contributed by atoms with E-state index in [1.165, 1.54) is 6.07 Å². The zero-order chi connectivity index (χ0) is 17.6. The van der Waals surface area contributed by atoms with Crippen LogP contribution in [0.15, 0.2) is 35.7 Å². The molecule has 4 nitrogen and oxygen atoms in total. The number of anilines is 1. The van der Waals surface area contributed by atoms with Crippen LogP contribution in [0.1, 0.15) is 17.7 Å². The Labute approximate surface area is 149 Å². The maximum Gasteiger partial charge on any atom is 0.238 e. The topological polar surface area (TPSA) is 41.6 Å². The number of hydrogen-bond acceptors (Lipinski definition) is 4. The molecule has 1 aromatic carbocycles. The number of rotatable bonds is 7. The van der Waals surface area contributed by atoms with Gasteiger partial charge in [-0.1, -0.05) is 12.1 Å². The lowest BCUT2D eigenvalue weighted by atomic mass is 10.2. The number of amides is 1. The Balaban J connectivity index is 1.64. The Bertz CT molecular complexity index is 683. The van der Waals surface area contributed by atoms with Crippen molar-refractivity contribution in [2.45, 2.75) is 25.5 Å². The summed E-state index contributed by atoms with van der Waals surface area (Å²) in [4.78, 5) is 15.4. The molecule has 0 aliphatic carbocycles. The molecule has 1 aliphatic rings. The standard InChI is InChI=1S/C18H20F2N2O2S/c19-15-6-1-7-16(20)18(15)21-17(23)12-22(10-13-4-2-8-24-13)11-14-5-3-9-25-14/h1,3,5-7,9,13H,2,4,8,10-12H2,(H,21,23)/t13-/m0/s1. The zero-order valence-corrected chi connectivity index (χ0v) is 14.5. The molecule has 0 radical (unpaired) electrons. The van der Waals surface area contributed by atoms with E-state index in [1.807, 2.05) is 22.4 Å². The van der Waals surface area contributed by atoms with Gasteiger partial charge < -0.3 is 10.1 Å². The Kier molecular flexibility index (Phi) is 6.12. The molecule has 0 bridgehead atoms. The predicted octanol–water partition coefficient (Wildman–Crippen LogP) is 3.65. The van der Waals surface area contributed by atoms with Crippen LogP contribution < -0.4 is 5.32 Å². The number of nitrogens with zero attached hydrogens (tertiary/aromatic N) is 1. The van der Waals surface area contributed by atoms with Crippen molar-refractivity contribution in [3.8, 4) is 0 Å². The van der Waals surface area contributed by atoms with Crippen molar-refractivity contribution >= 4 is 22.9 Å². The third-order valence-electron chi connectivity index (χ3n) is 4.04. The monoisotopic (exact) mass is 366 g/mol. The smallest absolute Gasteiger partial charge is 0.238 e. The van der Waals surface area contributed by atoms with Crippen LogP contribution in [0.25, 0.3) is 0 Å². The number of ether oxygens (including phenoxy) is 1.